The summed E-state index contributed by atoms with van der Waals surface area (Å²) in [6, 6.07) is 8.85. The number of ketones is 1. The van der Waals surface area contributed by atoms with Crippen molar-refractivity contribution in [1.29, 1.82) is 0 Å². The summed E-state index contributed by atoms with van der Waals surface area (Å²) in [6.45, 7) is 2.31. The van der Waals surface area contributed by atoms with E-state index in [1.54, 1.807) is 31.2 Å². The number of nitro groups is 1. The molecule has 1 aromatic rings. The van der Waals surface area contributed by atoms with E-state index in [1.165, 1.54) is 6.92 Å². The molecule has 6 heteroatoms. The molecular formula is C16H17NO5. The Balaban J connectivity index is 3.09. The van der Waals surface area contributed by atoms with Crippen molar-refractivity contribution in [2.75, 3.05) is 13.2 Å². The fourth-order valence-electron chi connectivity index (χ4n) is 1.94. The second-order valence-electron chi connectivity index (χ2n) is 4.60. The summed E-state index contributed by atoms with van der Waals surface area (Å²) < 4.78 is 4.83. The highest BCUT2D eigenvalue weighted by molar-refractivity contribution is 5.98. The van der Waals surface area contributed by atoms with Crippen LogP contribution in [0.3, 0.4) is 0 Å². The molecule has 0 aromatic heterocycles. The Morgan fingerprint density at radius 2 is 1.95 bits per heavy atom. The van der Waals surface area contributed by atoms with E-state index in [-0.39, 0.29) is 6.61 Å². The van der Waals surface area contributed by atoms with E-state index in [0.717, 1.165) is 0 Å². The molecule has 0 saturated carbocycles. The lowest BCUT2D eigenvalue weighted by Crippen LogP contribution is -2.34. The quantitative estimate of drug-likeness (QED) is 0.262. The zero-order valence-corrected chi connectivity index (χ0v) is 12.4. The van der Waals surface area contributed by atoms with Crippen LogP contribution in [0.2, 0.25) is 0 Å². The minimum atomic E-state index is -1.25. The standard InChI is InChI=1S/C16H17NO5/c1-3-22-16(19)15(12(2)18)14(11-17(20)21)10-9-13-7-5-4-6-8-13/h4-8,14-15H,3,11H2,1-2H3. The van der Waals surface area contributed by atoms with E-state index in [2.05, 4.69) is 11.8 Å². The van der Waals surface area contributed by atoms with Crippen LogP contribution in [-0.2, 0) is 14.3 Å². The third-order valence-electron chi connectivity index (χ3n) is 2.90. The molecule has 2 unspecified atom stereocenters. The van der Waals surface area contributed by atoms with Crippen molar-refractivity contribution in [3.63, 3.8) is 0 Å². The first-order chi connectivity index (χ1) is 10.5. The first kappa shape index (κ1) is 17.4. The van der Waals surface area contributed by atoms with Crippen molar-refractivity contribution in [2.45, 2.75) is 13.8 Å². The summed E-state index contributed by atoms with van der Waals surface area (Å²) >= 11 is 0. The Hall–Kier alpha value is -2.68. The van der Waals surface area contributed by atoms with Gasteiger partial charge < -0.3 is 4.74 Å². The molecule has 0 fully saturated rings. The molecule has 22 heavy (non-hydrogen) atoms. The fraction of sp³-hybridized carbons (Fsp3) is 0.375. The topological polar surface area (TPSA) is 86.5 Å². The molecule has 0 heterocycles. The summed E-state index contributed by atoms with van der Waals surface area (Å²) in [7, 11) is 0. The predicted octanol–water partition coefficient (Wildman–Crippen LogP) is 1.70. The zero-order valence-electron chi connectivity index (χ0n) is 12.4. The second-order valence-corrected chi connectivity index (χ2v) is 4.60. The molecule has 6 nitrogen and oxygen atoms in total. The van der Waals surface area contributed by atoms with E-state index in [4.69, 9.17) is 4.74 Å². The number of benzene rings is 1. The molecular weight excluding hydrogens is 286 g/mol. The van der Waals surface area contributed by atoms with Gasteiger partial charge in [0.25, 0.3) is 0 Å². The normalized spacial score (nSPS) is 12.5. The van der Waals surface area contributed by atoms with Crippen molar-refractivity contribution in [2.24, 2.45) is 11.8 Å². The highest BCUT2D eigenvalue weighted by Gasteiger charge is 2.35. The Labute approximate surface area is 128 Å². The fourth-order valence-corrected chi connectivity index (χ4v) is 1.94. The summed E-state index contributed by atoms with van der Waals surface area (Å²) in [5.74, 6) is 1.91. The van der Waals surface area contributed by atoms with Crippen LogP contribution in [0, 0.1) is 33.8 Å². The SMILES string of the molecule is CCOC(=O)C(C(C)=O)C(C#Cc1ccccc1)C[N+](=O)[O-]. The maximum Gasteiger partial charge on any atom is 0.318 e. The van der Waals surface area contributed by atoms with Gasteiger partial charge in [-0.05, 0) is 26.0 Å². The van der Waals surface area contributed by atoms with Crippen LogP contribution < -0.4 is 0 Å². The van der Waals surface area contributed by atoms with Crippen molar-refractivity contribution in [3.8, 4) is 11.8 Å². The third kappa shape index (κ3) is 5.37. The van der Waals surface area contributed by atoms with Gasteiger partial charge >= 0.3 is 5.97 Å². The molecule has 0 amide bonds. The Morgan fingerprint density at radius 1 is 1.32 bits per heavy atom. The van der Waals surface area contributed by atoms with E-state index < -0.39 is 35.1 Å². The highest BCUT2D eigenvalue weighted by atomic mass is 16.6. The van der Waals surface area contributed by atoms with E-state index in [0.29, 0.717) is 5.56 Å². The van der Waals surface area contributed by atoms with Crippen molar-refractivity contribution in [3.05, 3.63) is 46.0 Å². The van der Waals surface area contributed by atoms with Crippen molar-refractivity contribution >= 4 is 11.8 Å². The average molecular weight is 303 g/mol. The third-order valence-corrected chi connectivity index (χ3v) is 2.90. The van der Waals surface area contributed by atoms with Crippen LogP contribution in [0.15, 0.2) is 30.3 Å². The van der Waals surface area contributed by atoms with Crippen LogP contribution in [0.25, 0.3) is 0 Å². The first-order valence-corrected chi connectivity index (χ1v) is 6.81. The Kier molecular flexibility index (Phi) is 6.77. The van der Waals surface area contributed by atoms with Gasteiger partial charge in [0.05, 0.1) is 6.61 Å². The van der Waals surface area contributed by atoms with Gasteiger partial charge in [0.15, 0.2) is 0 Å². The molecule has 0 radical (unpaired) electrons. The number of ether oxygens (including phenoxy) is 1. The summed E-state index contributed by atoms with van der Waals surface area (Å²) in [6.07, 6.45) is 0. The van der Waals surface area contributed by atoms with E-state index >= 15 is 0 Å². The van der Waals surface area contributed by atoms with Gasteiger partial charge in [-0.15, -0.1) is 0 Å². The smallest absolute Gasteiger partial charge is 0.318 e. The number of hydrogen-bond donors (Lipinski definition) is 0. The minimum absolute atomic E-state index is 0.0971. The monoisotopic (exact) mass is 303 g/mol. The van der Waals surface area contributed by atoms with Gasteiger partial charge in [-0.1, -0.05) is 30.0 Å². The first-order valence-electron chi connectivity index (χ1n) is 6.81. The molecule has 0 bridgehead atoms. The van der Waals surface area contributed by atoms with Gasteiger partial charge in [0.2, 0.25) is 6.54 Å². The lowest BCUT2D eigenvalue weighted by Gasteiger charge is -2.16. The number of Topliss-reactive ketones (excluding diaryl/α,β-unsaturated/α-hetero) is 1. The average Bonchev–Trinajstić information content (AvgIpc) is 2.45. The van der Waals surface area contributed by atoms with E-state index in [9.17, 15) is 19.7 Å². The lowest BCUT2D eigenvalue weighted by atomic mass is 9.89. The minimum Gasteiger partial charge on any atom is -0.465 e. The van der Waals surface area contributed by atoms with E-state index in [1.807, 2.05) is 6.07 Å². The van der Waals surface area contributed by atoms with Gasteiger partial charge in [-0.25, -0.2) is 0 Å². The van der Waals surface area contributed by atoms with Gasteiger partial charge in [0.1, 0.15) is 17.6 Å². The van der Waals surface area contributed by atoms with Crippen molar-refractivity contribution in [1.82, 2.24) is 0 Å². The number of esters is 1. The molecule has 2 atom stereocenters. The second kappa shape index (κ2) is 8.57. The number of hydrogen-bond acceptors (Lipinski definition) is 5. The number of rotatable bonds is 6. The highest BCUT2D eigenvalue weighted by Crippen LogP contribution is 2.16. The number of nitrogens with zero attached hydrogens (tertiary/aromatic N) is 1. The predicted molar refractivity (Wildman–Crippen MR) is 79.5 cm³/mol. The Morgan fingerprint density at radius 3 is 2.45 bits per heavy atom. The van der Waals surface area contributed by atoms with Crippen LogP contribution >= 0.6 is 0 Å². The van der Waals surface area contributed by atoms with Crippen LogP contribution in [0.5, 0.6) is 0 Å². The number of carbonyl (C=O) groups excluding carboxylic acids is 2. The van der Waals surface area contributed by atoms with Crippen molar-refractivity contribution < 1.29 is 19.2 Å². The van der Waals surface area contributed by atoms with Crippen LogP contribution in [-0.4, -0.2) is 29.8 Å². The van der Waals surface area contributed by atoms with Gasteiger partial charge in [0, 0.05) is 10.5 Å². The molecule has 0 saturated heterocycles. The van der Waals surface area contributed by atoms with Gasteiger partial charge in [-0.2, -0.15) is 0 Å². The van der Waals surface area contributed by atoms with Crippen LogP contribution in [0.1, 0.15) is 19.4 Å². The summed E-state index contributed by atoms with van der Waals surface area (Å²) in [5, 5.41) is 10.8. The van der Waals surface area contributed by atoms with Gasteiger partial charge in [-0.3, -0.25) is 19.7 Å². The Bertz CT molecular complexity index is 600. The summed E-state index contributed by atoms with van der Waals surface area (Å²) in [4.78, 5) is 33.8. The molecule has 0 aliphatic heterocycles. The maximum absolute atomic E-state index is 11.9. The lowest BCUT2D eigenvalue weighted by molar-refractivity contribution is -0.486. The zero-order chi connectivity index (χ0) is 16.5. The number of carbonyl (C=O) groups is 2. The maximum atomic E-state index is 11.9. The molecule has 0 spiro atoms. The molecule has 0 aliphatic carbocycles. The molecule has 0 aliphatic rings. The molecule has 116 valence electrons. The van der Waals surface area contributed by atoms with Crippen LogP contribution in [0.4, 0.5) is 0 Å². The molecule has 1 aromatic carbocycles. The molecule has 0 N–H and O–H groups in total. The summed E-state index contributed by atoms with van der Waals surface area (Å²) in [5.41, 5.74) is 0.655. The molecule has 1 rings (SSSR count). The largest absolute Gasteiger partial charge is 0.465 e.